The first-order valence-corrected chi connectivity index (χ1v) is 11.4. The number of nitrogens with one attached hydrogen (secondary N) is 3. The number of carbonyl (C=O) groups excluding carboxylic acids is 2. The molecule has 1 heterocycles. The van der Waals surface area contributed by atoms with E-state index in [2.05, 4.69) is 20.9 Å². The van der Waals surface area contributed by atoms with Crippen molar-refractivity contribution in [2.24, 2.45) is 10.9 Å². The summed E-state index contributed by atoms with van der Waals surface area (Å²) >= 11 is 0. The molecule has 1 aliphatic heterocycles. The van der Waals surface area contributed by atoms with Crippen molar-refractivity contribution in [1.82, 2.24) is 20.9 Å². The Morgan fingerprint density at radius 3 is 2.74 bits per heavy atom. The molecule has 1 saturated carbocycles. The number of ether oxygens (including phenoxy) is 1. The summed E-state index contributed by atoms with van der Waals surface area (Å²) in [6.45, 7) is 5.20. The van der Waals surface area contributed by atoms with Crippen molar-refractivity contribution in [2.75, 3.05) is 39.8 Å². The van der Waals surface area contributed by atoms with E-state index >= 15 is 0 Å². The Labute approximate surface area is 184 Å². The maximum atomic E-state index is 12.6. The smallest absolute Gasteiger partial charge is 0.251 e. The molecular formula is C23H35N5O3. The number of aliphatic imine (C=N–C) groups is 1. The van der Waals surface area contributed by atoms with Gasteiger partial charge in [-0.25, -0.2) is 0 Å². The lowest BCUT2D eigenvalue weighted by molar-refractivity contribution is -0.134. The van der Waals surface area contributed by atoms with Crippen LogP contribution in [-0.4, -0.2) is 68.5 Å². The standard InChI is InChI=1S/C23H35N5O3/c1-3-24-23(26-13-12-25-21(29)18-9-6-10-20(15-18)31-2)27-19-11-14-28(16-19)22(30)17-7-4-5-8-17/h6,9-10,15,17,19H,3-5,7-8,11-14,16H2,1-2H3,(H,25,29)(H2,24,26,27). The van der Waals surface area contributed by atoms with Gasteiger partial charge >= 0.3 is 0 Å². The maximum absolute atomic E-state index is 12.6. The van der Waals surface area contributed by atoms with Crippen molar-refractivity contribution >= 4 is 17.8 Å². The molecule has 0 bridgehead atoms. The van der Waals surface area contributed by atoms with E-state index < -0.39 is 0 Å². The van der Waals surface area contributed by atoms with Gasteiger partial charge in [-0.15, -0.1) is 0 Å². The summed E-state index contributed by atoms with van der Waals surface area (Å²) in [4.78, 5) is 31.5. The Hall–Kier alpha value is -2.77. The van der Waals surface area contributed by atoms with E-state index in [9.17, 15) is 9.59 Å². The van der Waals surface area contributed by atoms with Crippen molar-refractivity contribution in [3.05, 3.63) is 29.8 Å². The number of likely N-dealkylation sites (tertiary alicyclic amines) is 1. The van der Waals surface area contributed by atoms with Crippen LogP contribution in [0.1, 0.15) is 49.4 Å². The molecule has 1 atom stereocenters. The van der Waals surface area contributed by atoms with Gasteiger partial charge < -0.3 is 25.6 Å². The highest BCUT2D eigenvalue weighted by molar-refractivity contribution is 5.94. The van der Waals surface area contributed by atoms with E-state index in [1.54, 1.807) is 31.4 Å². The van der Waals surface area contributed by atoms with Gasteiger partial charge in [0.1, 0.15) is 5.75 Å². The molecule has 2 amide bonds. The molecule has 3 rings (SSSR count). The molecule has 1 aromatic rings. The molecule has 0 radical (unpaired) electrons. The Morgan fingerprint density at radius 1 is 1.19 bits per heavy atom. The van der Waals surface area contributed by atoms with Gasteiger partial charge in [-0.3, -0.25) is 14.6 Å². The van der Waals surface area contributed by atoms with Crippen LogP contribution >= 0.6 is 0 Å². The normalized spacial score (nSPS) is 19.4. The first-order valence-electron chi connectivity index (χ1n) is 11.4. The molecule has 1 aliphatic carbocycles. The lowest BCUT2D eigenvalue weighted by atomic mass is 10.1. The van der Waals surface area contributed by atoms with Crippen molar-refractivity contribution in [3.8, 4) is 5.75 Å². The number of hydrogen-bond donors (Lipinski definition) is 3. The molecular weight excluding hydrogens is 394 g/mol. The summed E-state index contributed by atoms with van der Waals surface area (Å²) in [5.74, 6) is 1.78. The fourth-order valence-electron chi connectivity index (χ4n) is 4.23. The van der Waals surface area contributed by atoms with E-state index in [4.69, 9.17) is 4.74 Å². The van der Waals surface area contributed by atoms with Crippen LogP contribution in [0.15, 0.2) is 29.3 Å². The van der Waals surface area contributed by atoms with Gasteiger partial charge in [0, 0.05) is 43.7 Å². The highest BCUT2D eigenvalue weighted by Crippen LogP contribution is 2.27. The summed E-state index contributed by atoms with van der Waals surface area (Å²) in [6.07, 6.45) is 5.36. The van der Waals surface area contributed by atoms with Gasteiger partial charge in [0.25, 0.3) is 5.91 Å². The molecule has 3 N–H and O–H groups in total. The average Bonchev–Trinajstić information content (AvgIpc) is 3.49. The molecule has 8 heteroatoms. The summed E-state index contributed by atoms with van der Waals surface area (Å²) < 4.78 is 5.16. The zero-order valence-electron chi connectivity index (χ0n) is 18.7. The van der Waals surface area contributed by atoms with Crippen LogP contribution in [0.3, 0.4) is 0 Å². The third-order valence-corrected chi connectivity index (χ3v) is 5.89. The van der Waals surface area contributed by atoms with Crippen molar-refractivity contribution in [3.63, 3.8) is 0 Å². The third kappa shape index (κ3) is 6.60. The highest BCUT2D eigenvalue weighted by Gasteiger charge is 2.32. The molecule has 170 valence electrons. The molecule has 31 heavy (non-hydrogen) atoms. The fourth-order valence-corrected chi connectivity index (χ4v) is 4.23. The fraction of sp³-hybridized carbons (Fsp3) is 0.609. The maximum Gasteiger partial charge on any atom is 0.251 e. The van der Waals surface area contributed by atoms with Crippen LogP contribution in [0.4, 0.5) is 0 Å². The van der Waals surface area contributed by atoms with Crippen LogP contribution < -0.4 is 20.7 Å². The largest absolute Gasteiger partial charge is 0.497 e. The molecule has 0 aromatic heterocycles. The quantitative estimate of drug-likeness (QED) is 0.333. The lowest BCUT2D eigenvalue weighted by Crippen LogP contribution is -2.45. The van der Waals surface area contributed by atoms with Crippen LogP contribution in [-0.2, 0) is 4.79 Å². The molecule has 0 spiro atoms. The number of nitrogens with zero attached hydrogens (tertiary/aromatic N) is 2. The molecule has 1 aromatic carbocycles. The van der Waals surface area contributed by atoms with Gasteiger partial charge in [-0.1, -0.05) is 18.9 Å². The number of hydrogen-bond acceptors (Lipinski definition) is 4. The molecule has 1 unspecified atom stereocenters. The van der Waals surface area contributed by atoms with Gasteiger partial charge in [0.05, 0.1) is 13.7 Å². The van der Waals surface area contributed by atoms with Gasteiger partial charge in [0.15, 0.2) is 5.96 Å². The molecule has 2 aliphatic rings. The third-order valence-electron chi connectivity index (χ3n) is 5.89. The second kappa shape index (κ2) is 11.6. The van der Waals surface area contributed by atoms with E-state index in [1.807, 2.05) is 11.8 Å². The predicted molar refractivity (Wildman–Crippen MR) is 121 cm³/mol. The minimum atomic E-state index is -0.149. The summed E-state index contributed by atoms with van der Waals surface area (Å²) in [5, 5.41) is 9.58. The number of guanidine groups is 1. The van der Waals surface area contributed by atoms with Crippen LogP contribution in [0.2, 0.25) is 0 Å². The first kappa shape index (κ1) is 22.9. The van der Waals surface area contributed by atoms with Gasteiger partial charge in [-0.2, -0.15) is 0 Å². The second-order valence-electron chi connectivity index (χ2n) is 8.14. The summed E-state index contributed by atoms with van der Waals surface area (Å²) in [6, 6.07) is 7.27. The second-order valence-corrected chi connectivity index (χ2v) is 8.14. The van der Waals surface area contributed by atoms with E-state index in [0.29, 0.717) is 30.3 Å². The molecule has 2 fully saturated rings. The minimum Gasteiger partial charge on any atom is -0.497 e. The average molecular weight is 430 g/mol. The van der Waals surface area contributed by atoms with Crippen LogP contribution in [0, 0.1) is 5.92 Å². The number of methoxy groups -OCH3 is 1. The first-order chi connectivity index (χ1) is 15.1. The van der Waals surface area contributed by atoms with Gasteiger partial charge in [0.2, 0.25) is 5.91 Å². The number of amides is 2. The molecule has 1 saturated heterocycles. The Kier molecular flexibility index (Phi) is 8.55. The number of benzene rings is 1. The van der Waals surface area contributed by atoms with E-state index in [-0.39, 0.29) is 17.9 Å². The highest BCUT2D eigenvalue weighted by atomic mass is 16.5. The molecule has 8 nitrogen and oxygen atoms in total. The topological polar surface area (TPSA) is 95.1 Å². The summed E-state index contributed by atoms with van der Waals surface area (Å²) in [7, 11) is 1.58. The van der Waals surface area contributed by atoms with E-state index in [1.165, 1.54) is 12.8 Å². The Bertz CT molecular complexity index is 776. The van der Waals surface area contributed by atoms with Crippen molar-refractivity contribution in [2.45, 2.75) is 45.1 Å². The van der Waals surface area contributed by atoms with Crippen molar-refractivity contribution < 1.29 is 14.3 Å². The van der Waals surface area contributed by atoms with Crippen LogP contribution in [0.5, 0.6) is 5.75 Å². The monoisotopic (exact) mass is 429 g/mol. The SMILES string of the molecule is CCNC(=NCCNC(=O)c1cccc(OC)c1)NC1CCN(C(=O)C2CCCC2)C1. The van der Waals surface area contributed by atoms with E-state index in [0.717, 1.165) is 44.9 Å². The Balaban J connectivity index is 1.44. The van der Waals surface area contributed by atoms with Crippen LogP contribution in [0.25, 0.3) is 0 Å². The number of carbonyl (C=O) groups is 2. The Morgan fingerprint density at radius 2 is 2.00 bits per heavy atom. The lowest BCUT2D eigenvalue weighted by Gasteiger charge is -2.21. The van der Waals surface area contributed by atoms with Gasteiger partial charge in [-0.05, 0) is 44.4 Å². The summed E-state index contributed by atoms with van der Waals surface area (Å²) in [5.41, 5.74) is 0.561. The minimum absolute atomic E-state index is 0.149. The van der Waals surface area contributed by atoms with Crippen molar-refractivity contribution in [1.29, 1.82) is 0 Å². The zero-order valence-corrected chi connectivity index (χ0v) is 18.7. The number of rotatable bonds is 8. The predicted octanol–water partition coefficient (Wildman–Crippen LogP) is 1.77. The zero-order chi connectivity index (χ0) is 22.1.